The lowest BCUT2D eigenvalue weighted by molar-refractivity contribution is 0.0378. The fourth-order valence-corrected chi connectivity index (χ4v) is 15.9. The van der Waals surface area contributed by atoms with Crippen LogP contribution in [0.25, 0.3) is 33.4 Å². The molecule has 6 saturated carbocycles. The molecule has 0 unspecified atom stereocenters. The molecule has 482 valence electrons. The molecule has 0 heterocycles. The van der Waals surface area contributed by atoms with E-state index in [1.54, 1.807) is 132 Å². The standard InChI is InChI=1S/C23H30.C19H28.C16H28.2C16H18/c1-16-6-7-21(14-17(16)2)22-9-8-20(15-18(22)3)19-10-12-23(4,5)13-11-19;1-15-6-7-18(14-16(15)2)17-8-12-19(13-9-17)10-4-3-5-11-19;1-14-4-8-16(9-5-14)12-10-15(11-13-16)6-2-3-7-15;2*1-11-5-8-16(14(4)9-11)15-7-6-12(2)13(3)10-15/h6-9,14-15,19H,10-13H2,1-5H3;6-7,14,17H,3-5,8-13H2,1-2H3;14H,2-13H2,1H3;2*5-10H,1-4H3/i2D3,3D3,19D;2D3,17D;;3D3,4D3;. The molecule has 0 saturated heterocycles. The van der Waals surface area contributed by atoms with Crippen molar-refractivity contribution >= 4 is 0 Å². The minimum atomic E-state index is -2.36. The first kappa shape index (κ1) is 49.2. The summed E-state index contributed by atoms with van der Waals surface area (Å²) in [6.45, 7) is 11.5. The molecule has 0 atom stereocenters. The third-order valence-corrected chi connectivity index (χ3v) is 23.0. The van der Waals surface area contributed by atoms with Crippen molar-refractivity contribution in [3.63, 3.8) is 0 Å². The van der Waals surface area contributed by atoms with Crippen LogP contribution in [0.2, 0.25) is 0 Å². The molecule has 6 aliphatic rings. The highest BCUT2D eigenvalue weighted by atomic mass is 14.5. The van der Waals surface area contributed by atoms with Crippen LogP contribution < -0.4 is 0 Å². The molecule has 0 bridgehead atoms. The molecule has 6 fully saturated rings. The van der Waals surface area contributed by atoms with E-state index in [-0.39, 0.29) is 27.7 Å². The minimum Gasteiger partial charge on any atom is -0.0625 e. The quantitative estimate of drug-likeness (QED) is 0.161. The molecular formula is C90H122. The van der Waals surface area contributed by atoms with Gasteiger partial charge in [0.25, 0.3) is 0 Å². The Labute approximate surface area is 575 Å². The maximum atomic E-state index is 9.00. The first-order chi connectivity index (χ1) is 49.7. The summed E-state index contributed by atoms with van der Waals surface area (Å²) < 4.78 is 135. The van der Waals surface area contributed by atoms with Gasteiger partial charge in [0, 0.05) is 23.3 Å². The van der Waals surface area contributed by atoms with Crippen molar-refractivity contribution in [3.05, 3.63) is 211 Å². The van der Waals surface area contributed by atoms with Crippen molar-refractivity contribution in [2.75, 3.05) is 0 Å². The highest BCUT2D eigenvalue weighted by Gasteiger charge is 2.45. The molecule has 0 aromatic heterocycles. The van der Waals surface area contributed by atoms with E-state index in [0.29, 0.717) is 57.2 Å². The number of aryl methyl sites for hydroxylation is 13. The van der Waals surface area contributed by atoms with Crippen molar-refractivity contribution < 1.29 is 23.3 Å². The number of hydrogen-bond acceptors (Lipinski definition) is 0. The van der Waals surface area contributed by atoms with Crippen LogP contribution in [-0.4, -0.2) is 0 Å². The highest BCUT2D eigenvalue weighted by molar-refractivity contribution is 5.71. The van der Waals surface area contributed by atoms with Crippen LogP contribution in [0.5, 0.6) is 0 Å². The number of hydrogen-bond donors (Lipinski definition) is 0. The van der Waals surface area contributed by atoms with Crippen molar-refractivity contribution in [3.8, 4) is 33.4 Å². The summed E-state index contributed by atoms with van der Waals surface area (Å²) in [5.41, 5.74) is 18.6. The van der Waals surface area contributed by atoms with E-state index >= 15 is 0 Å². The molecule has 0 heteroatoms. The molecule has 6 aliphatic carbocycles. The first-order valence-electron chi connectivity index (χ1n) is 43.4. The molecular weight excluding hydrogens is 1080 g/mol. The topological polar surface area (TPSA) is 0 Å². The monoisotopic (exact) mass is 1220 g/mol. The van der Waals surface area contributed by atoms with E-state index in [0.717, 1.165) is 77.5 Å². The number of rotatable bonds is 5. The van der Waals surface area contributed by atoms with Crippen LogP contribution >= 0.6 is 0 Å². The van der Waals surface area contributed by atoms with Gasteiger partial charge >= 0.3 is 0 Å². The molecule has 3 spiro atoms. The number of benzene rings is 7. The average Bonchev–Trinajstić information content (AvgIpc) is 1.32. The van der Waals surface area contributed by atoms with Gasteiger partial charge in [-0.3, -0.25) is 0 Å². The van der Waals surface area contributed by atoms with Gasteiger partial charge in [-0.15, -0.1) is 0 Å². The molecule has 7 aromatic rings. The predicted molar refractivity (Wildman–Crippen MR) is 395 cm³/mol. The second-order valence-electron chi connectivity index (χ2n) is 30.3. The van der Waals surface area contributed by atoms with Gasteiger partial charge in [-0.25, -0.2) is 0 Å². The van der Waals surface area contributed by atoms with E-state index in [9.17, 15) is 0 Å². The summed E-state index contributed by atoms with van der Waals surface area (Å²) >= 11 is 0. The van der Waals surface area contributed by atoms with Crippen molar-refractivity contribution in [2.24, 2.45) is 27.6 Å². The summed E-state index contributed by atoms with van der Waals surface area (Å²) in [7, 11) is 0. The van der Waals surface area contributed by atoms with E-state index in [1.165, 1.54) is 91.2 Å². The van der Waals surface area contributed by atoms with Gasteiger partial charge < -0.3 is 0 Å². The van der Waals surface area contributed by atoms with Gasteiger partial charge in [0.1, 0.15) is 0 Å². The van der Waals surface area contributed by atoms with Crippen LogP contribution in [0, 0.1) is 117 Å². The van der Waals surface area contributed by atoms with Crippen LogP contribution in [0.4, 0.5) is 0 Å². The summed E-state index contributed by atoms with van der Waals surface area (Å²) in [5, 5.41) is 0. The van der Waals surface area contributed by atoms with E-state index < -0.39 is 46.0 Å². The SMILES string of the molecule is CC1CCC2(CC1)CCC1(CCCC1)CC2.Cc1ccc(-c2ccc(C)c(C)c2)c(C)c1.[2H]C([2H])([2H])c1cc(-c2ccc(C)cc2C([2H])([2H])[2H])ccc1C.[2H]C([2H])([2H])c1cc(-c2ccc(C3([2H])CCC(C)(C)CC3)cc2C([2H])([2H])[2H])ccc1C.[2H]C([2H])([2H])c1cc(C2([2H])CCC3(CCCCC3)CC2)ccc1C. The summed E-state index contributed by atoms with van der Waals surface area (Å²) in [4.78, 5) is 0. The van der Waals surface area contributed by atoms with E-state index in [4.69, 9.17) is 23.3 Å². The Hall–Kier alpha value is -5.46. The Kier molecular flexibility index (Phi) is 16.7. The third-order valence-electron chi connectivity index (χ3n) is 23.0. The van der Waals surface area contributed by atoms with E-state index in [2.05, 4.69) is 84.9 Å². The van der Waals surface area contributed by atoms with E-state index in [1.807, 2.05) is 38.1 Å². The Morgan fingerprint density at radius 1 is 0.300 bits per heavy atom. The molecule has 0 N–H and O–H groups in total. The Bertz CT molecular complexity index is 4140. The Balaban J connectivity index is 0.000000157. The predicted octanol–water partition coefficient (Wildman–Crippen LogP) is 27.4. The zero-order valence-corrected chi connectivity index (χ0v) is 57.4. The second kappa shape index (κ2) is 30.5. The fraction of sp³-hybridized carbons (Fsp3) is 0.533. The molecule has 13 rings (SSSR count). The van der Waals surface area contributed by atoms with Crippen LogP contribution in [0.1, 0.15) is 300 Å². The normalized spacial score (nSPS) is 24.1. The molecule has 0 amide bonds. The molecule has 90 heavy (non-hydrogen) atoms. The lowest BCUT2D eigenvalue weighted by Gasteiger charge is -2.48. The smallest absolute Gasteiger partial charge is 0.0352 e. The van der Waals surface area contributed by atoms with Gasteiger partial charge in [0.05, 0.1) is 0 Å². The van der Waals surface area contributed by atoms with Crippen molar-refractivity contribution in [1.29, 1.82) is 0 Å². The van der Waals surface area contributed by atoms with Gasteiger partial charge in [-0.2, -0.15) is 0 Å². The Morgan fingerprint density at radius 3 is 1.11 bits per heavy atom. The zero-order chi connectivity index (χ0) is 78.7. The second-order valence-corrected chi connectivity index (χ2v) is 30.3. The fourth-order valence-electron chi connectivity index (χ4n) is 15.9. The maximum Gasteiger partial charge on any atom is 0.0352 e. The molecule has 0 nitrogen and oxygen atoms in total. The molecule has 0 radical (unpaired) electrons. The lowest BCUT2D eigenvalue weighted by Crippen LogP contribution is -2.35. The Morgan fingerprint density at radius 2 is 0.633 bits per heavy atom. The molecule has 7 aromatic carbocycles. The third kappa shape index (κ3) is 18.0. The summed E-state index contributed by atoms with van der Waals surface area (Å²) in [6.07, 6.45) is 32.7. The van der Waals surface area contributed by atoms with Crippen LogP contribution in [0.15, 0.2) is 127 Å². The van der Waals surface area contributed by atoms with Gasteiger partial charge in [-0.05, 0) is 350 Å². The average molecular weight is 1220 g/mol. The minimum absolute atomic E-state index is 0.178. The zero-order valence-electron chi connectivity index (χ0n) is 74.4. The molecule has 0 aliphatic heterocycles. The van der Waals surface area contributed by atoms with Gasteiger partial charge in [0.2, 0.25) is 0 Å². The van der Waals surface area contributed by atoms with Gasteiger partial charge in [0.15, 0.2) is 0 Å². The first-order valence-corrected chi connectivity index (χ1v) is 34.9. The van der Waals surface area contributed by atoms with Crippen LogP contribution in [0.3, 0.4) is 0 Å². The van der Waals surface area contributed by atoms with Crippen molar-refractivity contribution in [2.45, 2.75) is 283 Å². The summed E-state index contributed by atoms with van der Waals surface area (Å²) in [5.74, 6) is -0.366. The van der Waals surface area contributed by atoms with Crippen LogP contribution in [-0.2, 0) is 0 Å². The lowest BCUT2D eigenvalue weighted by atomic mass is 9.57. The summed E-state index contributed by atoms with van der Waals surface area (Å²) in [6, 6.07) is 39.6. The van der Waals surface area contributed by atoms with Crippen molar-refractivity contribution in [1.82, 2.24) is 0 Å². The largest absolute Gasteiger partial charge is 0.0625 e. The van der Waals surface area contributed by atoms with Gasteiger partial charge in [-0.1, -0.05) is 204 Å². The maximum absolute atomic E-state index is 9.00. The highest BCUT2D eigenvalue weighted by Crippen LogP contribution is 2.58.